The van der Waals surface area contributed by atoms with Crippen LogP contribution >= 0.6 is 0 Å². The lowest BCUT2D eigenvalue weighted by Gasteiger charge is -2.16. The van der Waals surface area contributed by atoms with E-state index in [1.54, 1.807) is 18.4 Å². The van der Waals surface area contributed by atoms with E-state index >= 15 is 0 Å². The Kier molecular flexibility index (Phi) is 4.18. The summed E-state index contributed by atoms with van der Waals surface area (Å²) in [5.74, 6) is 0.596. The molecule has 0 saturated heterocycles. The molecule has 1 aromatic carbocycles. The van der Waals surface area contributed by atoms with Gasteiger partial charge in [-0.15, -0.1) is 0 Å². The molecule has 2 rings (SSSR count). The second-order valence-electron chi connectivity index (χ2n) is 4.58. The number of aliphatic hydroxyl groups is 1. The summed E-state index contributed by atoms with van der Waals surface area (Å²) in [5, 5.41) is 13.2. The van der Waals surface area contributed by atoms with Crippen LogP contribution in [0.5, 0.6) is 0 Å². The molecule has 0 fully saturated rings. The monoisotopic (exact) mass is 245 g/mol. The molecule has 2 atom stereocenters. The molecule has 0 amide bonds. The topological polar surface area (TPSA) is 45.4 Å². The number of furan rings is 1. The summed E-state index contributed by atoms with van der Waals surface area (Å²) in [6.07, 6.45) is 0.968. The van der Waals surface area contributed by atoms with Crippen molar-refractivity contribution < 1.29 is 9.52 Å². The van der Waals surface area contributed by atoms with Crippen molar-refractivity contribution in [1.29, 1.82) is 0 Å². The zero-order valence-electron chi connectivity index (χ0n) is 10.8. The Balaban J connectivity index is 1.90. The molecule has 1 heterocycles. The normalized spacial score (nSPS) is 14.4. The van der Waals surface area contributed by atoms with Crippen molar-refractivity contribution in [2.75, 3.05) is 6.54 Å². The zero-order valence-corrected chi connectivity index (χ0v) is 10.8. The molecule has 0 bridgehead atoms. The summed E-state index contributed by atoms with van der Waals surface area (Å²) in [4.78, 5) is 0. The summed E-state index contributed by atoms with van der Waals surface area (Å²) in [6, 6.07) is 12.1. The van der Waals surface area contributed by atoms with Gasteiger partial charge in [-0.25, -0.2) is 0 Å². The minimum Gasteiger partial charge on any atom is -0.467 e. The molecule has 96 valence electrons. The fraction of sp³-hybridized carbons (Fsp3) is 0.333. The van der Waals surface area contributed by atoms with Gasteiger partial charge < -0.3 is 14.8 Å². The first-order valence-corrected chi connectivity index (χ1v) is 6.18. The smallest absolute Gasteiger partial charge is 0.133 e. The lowest BCUT2D eigenvalue weighted by Crippen LogP contribution is -2.24. The second-order valence-corrected chi connectivity index (χ2v) is 4.58. The van der Waals surface area contributed by atoms with E-state index in [4.69, 9.17) is 4.42 Å². The quantitative estimate of drug-likeness (QED) is 0.851. The Morgan fingerprint density at radius 3 is 2.78 bits per heavy atom. The third-order valence-electron chi connectivity index (χ3n) is 3.03. The number of benzene rings is 1. The standard InChI is InChI=1S/C15H19NO2/c1-11-5-3-6-13(9-11)12(2)16-10-14(17)15-7-4-8-18-15/h3-9,12,14,16-17H,10H2,1-2H3/t12-,14?/m0/s1. The number of hydrogen-bond donors (Lipinski definition) is 2. The Morgan fingerprint density at radius 1 is 1.28 bits per heavy atom. The highest BCUT2D eigenvalue weighted by Crippen LogP contribution is 2.16. The minimum absolute atomic E-state index is 0.203. The van der Waals surface area contributed by atoms with Crippen LogP contribution in [0.4, 0.5) is 0 Å². The van der Waals surface area contributed by atoms with Crippen LogP contribution < -0.4 is 5.32 Å². The van der Waals surface area contributed by atoms with Crippen molar-refractivity contribution in [3.63, 3.8) is 0 Å². The van der Waals surface area contributed by atoms with Gasteiger partial charge in [-0.2, -0.15) is 0 Å². The Morgan fingerprint density at radius 2 is 2.11 bits per heavy atom. The van der Waals surface area contributed by atoms with Gasteiger partial charge in [-0.05, 0) is 31.5 Å². The van der Waals surface area contributed by atoms with Gasteiger partial charge in [0.25, 0.3) is 0 Å². The molecule has 0 aliphatic carbocycles. The predicted octanol–water partition coefficient (Wildman–Crippen LogP) is 2.97. The molecule has 0 saturated carbocycles. The molecule has 0 radical (unpaired) electrons. The van der Waals surface area contributed by atoms with Gasteiger partial charge >= 0.3 is 0 Å². The van der Waals surface area contributed by atoms with E-state index in [0.717, 1.165) is 0 Å². The van der Waals surface area contributed by atoms with Gasteiger partial charge in [0.1, 0.15) is 11.9 Å². The van der Waals surface area contributed by atoms with Crippen molar-refractivity contribution in [3.8, 4) is 0 Å². The second kappa shape index (κ2) is 5.85. The summed E-state index contributed by atoms with van der Waals surface area (Å²) in [7, 11) is 0. The number of nitrogens with one attached hydrogen (secondary N) is 1. The van der Waals surface area contributed by atoms with Crippen molar-refractivity contribution in [3.05, 3.63) is 59.5 Å². The third-order valence-corrected chi connectivity index (χ3v) is 3.03. The summed E-state index contributed by atoms with van der Waals surface area (Å²) in [5.41, 5.74) is 2.47. The molecule has 0 spiro atoms. The summed E-state index contributed by atoms with van der Waals surface area (Å²) < 4.78 is 5.16. The maximum atomic E-state index is 9.90. The van der Waals surface area contributed by atoms with Crippen molar-refractivity contribution in [1.82, 2.24) is 5.32 Å². The zero-order chi connectivity index (χ0) is 13.0. The molecular weight excluding hydrogens is 226 g/mol. The molecule has 2 N–H and O–H groups in total. The van der Waals surface area contributed by atoms with Crippen LogP contribution in [0, 0.1) is 6.92 Å². The van der Waals surface area contributed by atoms with Crippen LogP contribution in [0.2, 0.25) is 0 Å². The van der Waals surface area contributed by atoms with E-state index in [-0.39, 0.29) is 6.04 Å². The van der Waals surface area contributed by atoms with Gasteiger partial charge in [0, 0.05) is 12.6 Å². The molecule has 1 aromatic heterocycles. The fourth-order valence-electron chi connectivity index (χ4n) is 1.93. The summed E-state index contributed by atoms with van der Waals surface area (Å²) >= 11 is 0. The molecule has 0 aliphatic rings. The first kappa shape index (κ1) is 12.9. The lowest BCUT2D eigenvalue weighted by atomic mass is 10.1. The first-order chi connectivity index (χ1) is 8.66. The van der Waals surface area contributed by atoms with Gasteiger partial charge in [-0.3, -0.25) is 0 Å². The highest BCUT2D eigenvalue weighted by atomic mass is 16.4. The van der Waals surface area contributed by atoms with Crippen LogP contribution in [-0.4, -0.2) is 11.7 Å². The average Bonchev–Trinajstić information content (AvgIpc) is 2.89. The number of aryl methyl sites for hydroxylation is 1. The Labute approximate surface area is 107 Å². The number of rotatable bonds is 5. The van der Waals surface area contributed by atoms with Crippen LogP contribution in [0.1, 0.15) is 36.0 Å². The minimum atomic E-state index is -0.604. The van der Waals surface area contributed by atoms with Gasteiger partial charge in [-0.1, -0.05) is 29.8 Å². The van der Waals surface area contributed by atoms with Crippen LogP contribution in [0.25, 0.3) is 0 Å². The highest BCUT2D eigenvalue weighted by Gasteiger charge is 2.12. The SMILES string of the molecule is Cc1cccc([C@H](C)NCC(O)c2ccco2)c1. The Hall–Kier alpha value is -1.58. The van der Waals surface area contributed by atoms with E-state index in [1.807, 2.05) is 6.07 Å². The van der Waals surface area contributed by atoms with Crippen LogP contribution in [0.3, 0.4) is 0 Å². The molecule has 0 aliphatic heterocycles. The van der Waals surface area contributed by atoms with Crippen molar-refractivity contribution in [2.45, 2.75) is 26.0 Å². The van der Waals surface area contributed by atoms with E-state index in [0.29, 0.717) is 12.3 Å². The summed E-state index contributed by atoms with van der Waals surface area (Å²) in [6.45, 7) is 4.64. The van der Waals surface area contributed by atoms with E-state index < -0.39 is 6.10 Å². The molecule has 3 heteroatoms. The van der Waals surface area contributed by atoms with Gasteiger partial charge in [0.05, 0.1) is 6.26 Å². The number of aliphatic hydroxyl groups excluding tert-OH is 1. The van der Waals surface area contributed by atoms with Gasteiger partial charge in [0.15, 0.2) is 0 Å². The molecule has 3 nitrogen and oxygen atoms in total. The maximum Gasteiger partial charge on any atom is 0.133 e. The van der Waals surface area contributed by atoms with Gasteiger partial charge in [0.2, 0.25) is 0 Å². The van der Waals surface area contributed by atoms with Crippen molar-refractivity contribution >= 4 is 0 Å². The van der Waals surface area contributed by atoms with E-state index in [1.165, 1.54) is 11.1 Å². The number of hydrogen-bond acceptors (Lipinski definition) is 3. The Bertz CT molecular complexity index is 479. The largest absolute Gasteiger partial charge is 0.467 e. The molecule has 18 heavy (non-hydrogen) atoms. The molecule has 1 unspecified atom stereocenters. The van der Waals surface area contributed by atoms with Crippen LogP contribution in [0.15, 0.2) is 47.1 Å². The van der Waals surface area contributed by atoms with Crippen molar-refractivity contribution in [2.24, 2.45) is 0 Å². The molecular formula is C15H19NO2. The fourth-order valence-corrected chi connectivity index (χ4v) is 1.93. The first-order valence-electron chi connectivity index (χ1n) is 6.18. The third kappa shape index (κ3) is 3.22. The predicted molar refractivity (Wildman–Crippen MR) is 71.3 cm³/mol. The molecule has 2 aromatic rings. The maximum absolute atomic E-state index is 9.90. The lowest BCUT2D eigenvalue weighted by molar-refractivity contribution is 0.144. The van der Waals surface area contributed by atoms with E-state index in [2.05, 4.69) is 37.4 Å². The van der Waals surface area contributed by atoms with Crippen LogP contribution in [-0.2, 0) is 0 Å². The van der Waals surface area contributed by atoms with E-state index in [9.17, 15) is 5.11 Å². The average molecular weight is 245 g/mol. The highest BCUT2D eigenvalue weighted by molar-refractivity contribution is 5.24.